The van der Waals surface area contributed by atoms with Gasteiger partial charge in [0.05, 0.1) is 17.9 Å². The van der Waals surface area contributed by atoms with Crippen LogP contribution in [0.4, 0.5) is 18.0 Å². The van der Waals surface area contributed by atoms with Gasteiger partial charge in [0.25, 0.3) is 0 Å². The van der Waals surface area contributed by atoms with E-state index < -0.39 is 43.1 Å². The third-order valence-corrected chi connectivity index (χ3v) is 5.16. The molecule has 2 amide bonds. The molecule has 26 heavy (non-hydrogen) atoms. The van der Waals surface area contributed by atoms with Crippen molar-refractivity contribution < 1.29 is 32.6 Å². The molecule has 2 fully saturated rings. The van der Waals surface area contributed by atoms with E-state index in [-0.39, 0.29) is 17.4 Å². The fourth-order valence-corrected chi connectivity index (χ4v) is 3.89. The number of likely N-dealkylation sites (tertiary alicyclic amines) is 1. The number of nitrogens with one attached hydrogen (secondary N) is 1. The molecule has 0 aromatic carbocycles. The van der Waals surface area contributed by atoms with E-state index in [9.17, 15) is 22.8 Å². The van der Waals surface area contributed by atoms with Crippen molar-refractivity contribution in [2.75, 3.05) is 26.2 Å². The van der Waals surface area contributed by atoms with E-state index in [0.29, 0.717) is 13.2 Å². The quantitative estimate of drug-likeness (QED) is 0.789. The molecule has 2 unspecified atom stereocenters. The number of ether oxygens (including phenoxy) is 1. The van der Waals surface area contributed by atoms with Gasteiger partial charge in [-0.15, -0.1) is 0 Å². The monoisotopic (exact) mass is 380 g/mol. The third-order valence-electron chi connectivity index (χ3n) is 5.16. The van der Waals surface area contributed by atoms with Crippen LogP contribution < -0.4 is 5.32 Å². The lowest BCUT2D eigenvalue weighted by Crippen LogP contribution is -2.47. The number of hydrogen-bond acceptors (Lipinski definition) is 3. The SMILES string of the molecule is CC(C)(C)C1OCCCC1CNC(=O)N1C[C@@H](C(F)(F)F)[C@H](C(=O)O)C1. The summed E-state index contributed by atoms with van der Waals surface area (Å²) in [5, 5.41) is 11.7. The number of carboxylic acid groups (broad SMARTS) is 1. The Kier molecular flexibility index (Phi) is 6.09. The second-order valence-electron chi connectivity index (χ2n) is 8.24. The van der Waals surface area contributed by atoms with Crippen molar-refractivity contribution in [1.29, 1.82) is 0 Å². The number of rotatable bonds is 3. The summed E-state index contributed by atoms with van der Waals surface area (Å²) in [6.45, 7) is 6.03. The fraction of sp³-hybridized carbons (Fsp3) is 0.882. The van der Waals surface area contributed by atoms with Crippen molar-refractivity contribution in [2.24, 2.45) is 23.2 Å². The topological polar surface area (TPSA) is 78.9 Å². The number of nitrogens with zero attached hydrogens (tertiary/aromatic N) is 1. The predicted octanol–water partition coefficient (Wildman–Crippen LogP) is 2.73. The molecule has 0 aromatic heterocycles. The van der Waals surface area contributed by atoms with Gasteiger partial charge in [-0.25, -0.2) is 4.79 Å². The van der Waals surface area contributed by atoms with Crippen LogP contribution in [-0.4, -0.2) is 60.5 Å². The highest BCUT2D eigenvalue weighted by Gasteiger charge is 2.53. The first-order valence-electron chi connectivity index (χ1n) is 8.85. The summed E-state index contributed by atoms with van der Waals surface area (Å²) in [6, 6.07) is -0.652. The van der Waals surface area contributed by atoms with Gasteiger partial charge in [0, 0.05) is 32.2 Å². The highest BCUT2D eigenvalue weighted by Crippen LogP contribution is 2.38. The van der Waals surface area contributed by atoms with Crippen LogP contribution in [0.15, 0.2) is 0 Å². The number of aliphatic carboxylic acids is 1. The zero-order valence-corrected chi connectivity index (χ0v) is 15.3. The maximum absolute atomic E-state index is 13.0. The van der Waals surface area contributed by atoms with Crippen LogP contribution in [0.3, 0.4) is 0 Å². The molecule has 0 aliphatic carbocycles. The smallest absolute Gasteiger partial charge is 0.394 e. The summed E-state index contributed by atoms with van der Waals surface area (Å²) in [7, 11) is 0. The normalized spacial score (nSPS) is 30.3. The number of hydrogen-bond donors (Lipinski definition) is 2. The Bertz CT molecular complexity index is 533. The van der Waals surface area contributed by atoms with E-state index in [1.165, 1.54) is 0 Å². The molecule has 2 aliphatic rings. The minimum Gasteiger partial charge on any atom is -0.481 e. The van der Waals surface area contributed by atoms with E-state index in [0.717, 1.165) is 17.7 Å². The Morgan fingerprint density at radius 2 is 1.88 bits per heavy atom. The van der Waals surface area contributed by atoms with Crippen molar-refractivity contribution in [3.05, 3.63) is 0 Å². The van der Waals surface area contributed by atoms with Crippen LogP contribution in [0.5, 0.6) is 0 Å². The molecule has 2 saturated heterocycles. The van der Waals surface area contributed by atoms with Gasteiger partial charge in [0.1, 0.15) is 0 Å². The van der Waals surface area contributed by atoms with E-state index in [1.807, 2.05) is 20.8 Å². The summed E-state index contributed by atoms with van der Waals surface area (Å²) in [4.78, 5) is 24.4. The van der Waals surface area contributed by atoms with Crippen LogP contribution in [0.2, 0.25) is 0 Å². The number of amides is 2. The summed E-state index contributed by atoms with van der Waals surface area (Å²) in [5.74, 6) is -5.12. The molecule has 2 aliphatic heterocycles. The number of urea groups is 1. The van der Waals surface area contributed by atoms with Crippen LogP contribution in [0, 0.1) is 23.2 Å². The van der Waals surface area contributed by atoms with Crippen molar-refractivity contribution in [3.63, 3.8) is 0 Å². The molecule has 0 spiro atoms. The molecule has 150 valence electrons. The lowest BCUT2D eigenvalue weighted by molar-refractivity contribution is -0.187. The highest BCUT2D eigenvalue weighted by molar-refractivity contribution is 5.77. The first-order chi connectivity index (χ1) is 11.9. The number of carbonyl (C=O) groups excluding carboxylic acids is 1. The van der Waals surface area contributed by atoms with Gasteiger partial charge in [-0.2, -0.15) is 13.2 Å². The van der Waals surface area contributed by atoms with Gasteiger partial charge in [0.2, 0.25) is 0 Å². The molecule has 0 bridgehead atoms. The largest absolute Gasteiger partial charge is 0.481 e. The van der Waals surface area contributed by atoms with E-state index in [2.05, 4.69) is 5.32 Å². The van der Waals surface area contributed by atoms with Crippen LogP contribution in [-0.2, 0) is 9.53 Å². The molecular formula is C17H27F3N2O4. The summed E-state index contributed by atoms with van der Waals surface area (Å²) in [6.07, 6.45) is -2.96. The maximum Gasteiger partial charge on any atom is 0.394 e. The second-order valence-corrected chi connectivity index (χ2v) is 8.24. The molecule has 2 rings (SSSR count). The van der Waals surface area contributed by atoms with Gasteiger partial charge in [-0.05, 0) is 18.3 Å². The number of carboxylic acids is 1. The number of halogens is 3. The average molecular weight is 380 g/mol. The predicted molar refractivity (Wildman–Crippen MR) is 87.6 cm³/mol. The minimum absolute atomic E-state index is 0.0511. The summed E-state index contributed by atoms with van der Waals surface area (Å²) >= 11 is 0. The second kappa shape index (κ2) is 7.62. The zero-order valence-electron chi connectivity index (χ0n) is 15.3. The van der Waals surface area contributed by atoms with Gasteiger partial charge in [-0.3, -0.25) is 4.79 Å². The molecule has 2 N–H and O–H groups in total. The standard InChI is InChI=1S/C17H27F3N2O4/c1-16(2,3)13-10(5-4-6-26-13)7-21-15(25)22-8-11(14(23)24)12(9-22)17(18,19)20/h10-13H,4-9H2,1-3H3,(H,21,25)(H,23,24)/t10?,11-,12-,13?/m1/s1. The maximum atomic E-state index is 13.0. The Labute approximate surface area is 151 Å². The van der Waals surface area contributed by atoms with E-state index in [4.69, 9.17) is 9.84 Å². The van der Waals surface area contributed by atoms with Gasteiger partial charge in [-0.1, -0.05) is 20.8 Å². The number of alkyl halides is 3. The summed E-state index contributed by atoms with van der Waals surface area (Å²) < 4.78 is 44.9. The Hall–Kier alpha value is -1.51. The lowest BCUT2D eigenvalue weighted by atomic mass is 9.78. The first kappa shape index (κ1) is 20.8. The Balaban J connectivity index is 1.96. The van der Waals surface area contributed by atoms with Crippen molar-refractivity contribution in [3.8, 4) is 0 Å². The van der Waals surface area contributed by atoms with Gasteiger partial charge >= 0.3 is 18.2 Å². The van der Waals surface area contributed by atoms with Crippen LogP contribution >= 0.6 is 0 Å². The molecule has 2 heterocycles. The zero-order chi connectivity index (χ0) is 19.7. The van der Waals surface area contributed by atoms with E-state index >= 15 is 0 Å². The Morgan fingerprint density at radius 3 is 2.38 bits per heavy atom. The van der Waals surface area contributed by atoms with Gasteiger partial charge < -0.3 is 20.1 Å². The van der Waals surface area contributed by atoms with Crippen molar-refractivity contribution in [2.45, 2.75) is 45.9 Å². The van der Waals surface area contributed by atoms with Gasteiger partial charge in [0.15, 0.2) is 0 Å². The molecule has 0 aromatic rings. The van der Waals surface area contributed by atoms with Crippen LogP contribution in [0.25, 0.3) is 0 Å². The lowest BCUT2D eigenvalue weighted by Gasteiger charge is -2.40. The molecule has 0 radical (unpaired) electrons. The average Bonchev–Trinajstić information content (AvgIpc) is 2.98. The van der Waals surface area contributed by atoms with Crippen LogP contribution in [0.1, 0.15) is 33.6 Å². The van der Waals surface area contributed by atoms with Crippen molar-refractivity contribution >= 4 is 12.0 Å². The first-order valence-corrected chi connectivity index (χ1v) is 8.85. The fourth-order valence-electron chi connectivity index (χ4n) is 3.89. The number of carbonyl (C=O) groups is 2. The Morgan fingerprint density at radius 1 is 1.23 bits per heavy atom. The third kappa shape index (κ3) is 4.81. The molecule has 0 saturated carbocycles. The minimum atomic E-state index is -4.65. The van der Waals surface area contributed by atoms with E-state index in [1.54, 1.807) is 0 Å². The molecule has 4 atom stereocenters. The molecule has 9 heteroatoms. The molecule has 6 nitrogen and oxygen atoms in total. The highest BCUT2D eigenvalue weighted by atomic mass is 19.4. The summed E-state index contributed by atoms with van der Waals surface area (Å²) in [5.41, 5.74) is -0.112. The van der Waals surface area contributed by atoms with Crippen molar-refractivity contribution in [1.82, 2.24) is 10.2 Å². The molecular weight excluding hydrogens is 353 g/mol.